The quantitative estimate of drug-likeness (QED) is 0.681. The summed E-state index contributed by atoms with van der Waals surface area (Å²) in [7, 11) is 0. The Labute approximate surface area is 185 Å². The Hall–Kier alpha value is -1.66. The summed E-state index contributed by atoms with van der Waals surface area (Å²) in [6.07, 6.45) is 3.36. The monoisotopic (exact) mass is 448 g/mol. The molecule has 2 aromatic carbocycles. The molecule has 1 amide bonds. The van der Waals surface area contributed by atoms with E-state index in [1.54, 1.807) is 24.3 Å². The maximum Gasteiger partial charge on any atom is 0.250 e. The lowest BCUT2D eigenvalue weighted by Gasteiger charge is -2.40. The van der Waals surface area contributed by atoms with Crippen molar-refractivity contribution in [2.45, 2.75) is 43.2 Å². The summed E-state index contributed by atoms with van der Waals surface area (Å²) >= 11 is 12.3. The molecule has 1 aliphatic carbocycles. The van der Waals surface area contributed by atoms with Crippen LogP contribution in [-0.4, -0.2) is 35.1 Å². The van der Waals surface area contributed by atoms with Crippen molar-refractivity contribution >= 4 is 34.8 Å². The zero-order chi connectivity index (χ0) is 21.0. The highest BCUT2D eigenvalue weighted by molar-refractivity contribution is 6.31. The third kappa shape index (κ3) is 2.98. The topological polar surface area (TPSA) is 52.6 Å². The largest absolute Gasteiger partial charge is 0.396 e. The second kappa shape index (κ2) is 7.49. The van der Waals surface area contributed by atoms with Gasteiger partial charge in [-0.15, -0.1) is 0 Å². The number of benzene rings is 2. The predicted octanol–water partition coefficient (Wildman–Crippen LogP) is 4.93. The summed E-state index contributed by atoms with van der Waals surface area (Å²) in [6.45, 7) is 0.764. The first-order chi connectivity index (χ1) is 14.5. The molecule has 1 spiro atoms. The number of fused-ring (bicyclic) bond motifs is 2. The van der Waals surface area contributed by atoms with Gasteiger partial charge in [-0.1, -0.05) is 41.4 Å². The van der Waals surface area contributed by atoms with E-state index in [1.807, 2.05) is 6.07 Å². The molecule has 158 valence electrons. The summed E-state index contributed by atoms with van der Waals surface area (Å²) < 4.78 is 15.2. The molecular formula is C23H23Cl2FN2O2. The van der Waals surface area contributed by atoms with Crippen LogP contribution in [0.5, 0.6) is 0 Å². The fourth-order valence-corrected chi connectivity index (χ4v) is 5.77. The van der Waals surface area contributed by atoms with Crippen LogP contribution in [0.4, 0.5) is 10.1 Å². The van der Waals surface area contributed by atoms with Crippen LogP contribution in [-0.2, 0) is 10.3 Å². The molecule has 0 radical (unpaired) electrons. The van der Waals surface area contributed by atoms with E-state index in [9.17, 15) is 9.90 Å². The third-order valence-electron chi connectivity index (χ3n) is 6.86. The molecule has 7 heteroatoms. The van der Waals surface area contributed by atoms with Crippen LogP contribution >= 0.6 is 23.2 Å². The van der Waals surface area contributed by atoms with Gasteiger partial charge < -0.3 is 10.4 Å². The molecule has 0 aromatic heterocycles. The minimum absolute atomic E-state index is 0.0156. The van der Waals surface area contributed by atoms with Crippen molar-refractivity contribution in [1.82, 2.24) is 4.90 Å². The van der Waals surface area contributed by atoms with E-state index in [0.717, 1.165) is 24.9 Å². The van der Waals surface area contributed by atoms with Gasteiger partial charge in [0.25, 0.3) is 0 Å². The maximum atomic E-state index is 15.2. The molecule has 2 aliphatic heterocycles. The lowest BCUT2D eigenvalue weighted by Crippen LogP contribution is -2.52. The lowest BCUT2D eigenvalue weighted by atomic mass is 9.75. The SMILES string of the molecule is O=C1Nc2cc(Cl)ccc2[C@@]12[C@@H](c1cccc(Cl)c1F)C[C@H](CCO)N2CC1CC1. The minimum Gasteiger partial charge on any atom is -0.396 e. The van der Waals surface area contributed by atoms with Crippen molar-refractivity contribution in [2.75, 3.05) is 18.5 Å². The molecule has 30 heavy (non-hydrogen) atoms. The van der Waals surface area contributed by atoms with Gasteiger partial charge in [0, 0.05) is 41.4 Å². The van der Waals surface area contributed by atoms with Gasteiger partial charge in [0.2, 0.25) is 5.91 Å². The normalized spacial score (nSPS) is 28.2. The van der Waals surface area contributed by atoms with Gasteiger partial charge in [0.05, 0.1) is 5.02 Å². The van der Waals surface area contributed by atoms with E-state index < -0.39 is 17.3 Å². The predicted molar refractivity (Wildman–Crippen MR) is 115 cm³/mol. The third-order valence-corrected chi connectivity index (χ3v) is 7.39. The van der Waals surface area contributed by atoms with Crippen molar-refractivity contribution in [1.29, 1.82) is 0 Å². The number of carbonyl (C=O) groups is 1. The summed E-state index contributed by atoms with van der Waals surface area (Å²) in [6, 6.07) is 10.4. The van der Waals surface area contributed by atoms with Gasteiger partial charge >= 0.3 is 0 Å². The van der Waals surface area contributed by atoms with Gasteiger partial charge in [0.1, 0.15) is 11.4 Å². The molecule has 0 unspecified atom stereocenters. The number of nitrogens with one attached hydrogen (secondary N) is 1. The van der Waals surface area contributed by atoms with Crippen LogP contribution in [0.3, 0.4) is 0 Å². The maximum absolute atomic E-state index is 15.2. The number of halogens is 3. The van der Waals surface area contributed by atoms with Crippen molar-refractivity contribution in [3.05, 3.63) is 63.4 Å². The average molecular weight is 449 g/mol. The fraction of sp³-hybridized carbons (Fsp3) is 0.435. The lowest BCUT2D eigenvalue weighted by molar-refractivity contribution is -0.128. The Bertz CT molecular complexity index is 1010. The van der Waals surface area contributed by atoms with Crippen molar-refractivity contribution in [3.63, 3.8) is 0 Å². The first-order valence-electron chi connectivity index (χ1n) is 10.4. The van der Waals surface area contributed by atoms with Crippen LogP contribution < -0.4 is 5.32 Å². The minimum atomic E-state index is -1.05. The van der Waals surface area contributed by atoms with Crippen molar-refractivity contribution in [2.24, 2.45) is 5.92 Å². The zero-order valence-electron chi connectivity index (χ0n) is 16.4. The molecule has 5 rings (SSSR count). The van der Waals surface area contributed by atoms with E-state index in [2.05, 4.69) is 10.2 Å². The van der Waals surface area contributed by atoms with E-state index in [4.69, 9.17) is 23.2 Å². The van der Waals surface area contributed by atoms with Gasteiger partial charge in [-0.05, 0) is 55.4 Å². The highest BCUT2D eigenvalue weighted by Crippen LogP contribution is 2.58. The first kappa shape index (κ1) is 20.3. The number of anilines is 1. The Morgan fingerprint density at radius 1 is 1.23 bits per heavy atom. The Kier molecular flexibility index (Phi) is 5.05. The average Bonchev–Trinajstić information content (AvgIpc) is 3.42. The first-order valence-corrected chi connectivity index (χ1v) is 11.2. The Morgan fingerprint density at radius 3 is 2.77 bits per heavy atom. The summed E-state index contributed by atoms with van der Waals surface area (Å²) in [5, 5.41) is 13.3. The number of hydrogen-bond acceptors (Lipinski definition) is 3. The number of aliphatic hydroxyl groups excluding tert-OH is 1. The summed E-state index contributed by atoms with van der Waals surface area (Å²) in [5.41, 5.74) is 0.892. The van der Waals surface area contributed by atoms with Crippen LogP contribution in [0.2, 0.25) is 10.0 Å². The molecule has 1 saturated carbocycles. The van der Waals surface area contributed by atoms with E-state index in [-0.39, 0.29) is 23.6 Å². The molecule has 2 fully saturated rings. The molecule has 0 bridgehead atoms. The van der Waals surface area contributed by atoms with Crippen LogP contribution in [0.15, 0.2) is 36.4 Å². The molecule has 2 aromatic rings. The second-order valence-corrected chi connectivity index (χ2v) is 9.45. The molecule has 2 N–H and O–H groups in total. The van der Waals surface area contributed by atoms with Crippen molar-refractivity contribution < 1.29 is 14.3 Å². The number of hydrogen-bond donors (Lipinski definition) is 2. The standard InChI is InChI=1S/C23H23Cl2FN2O2/c24-14-6-7-17-20(10-14)27-22(30)23(17)18(16-2-1-3-19(25)21(16)26)11-15(8-9-29)28(23)12-13-4-5-13/h1-3,6-7,10,13,15,18,29H,4-5,8-9,11-12H2,(H,27,30)/t15-,18+,23+/m0/s1. The van der Waals surface area contributed by atoms with Crippen molar-refractivity contribution in [3.8, 4) is 0 Å². The van der Waals surface area contributed by atoms with Crippen LogP contribution in [0, 0.1) is 11.7 Å². The fourth-order valence-electron chi connectivity index (χ4n) is 5.42. The van der Waals surface area contributed by atoms with E-state index in [0.29, 0.717) is 35.0 Å². The number of likely N-dealkylation sites (tertiary alicyclic amines) is 1. The molecule has 3 atom stereocenters. The number of nitrogens with zero attached hydrogens (tertiary/aromatic N) is 1. The highest BCUT2D eigenvalue weighted by atomic mass is 35.5. The number of amides is 1. The number of carbonyl (C=O) groups excluding carboxylic acids is 1. The zero-order valence-corrected chi connectivity index (χ0v) is 17.9. The Morgan fingerprint density at radius 2 is 2.03 bits per heavy atom. The summed E-state index contributed by atoms with van der Waals surface area (Å²) in [5.74, 6) is -0.538. The van der Waals surface area contributed by atoms with Gasteiger partial charge in [0.15, 0.2) is 0 Å². The summed E-state index contributed by atoms with van der Waals surface area (Å²) in [4.78, 5) is 15.9. The molecular weight excluding hydrogens is 426 g/mol. The van der Waals surface area contributed by atoms with Crippen LogP contribution in [0.1, 0.15) is 42.7 Å². The van der Waals surface area contributed by atoms with Gasteiger partial charge in [-0.2, -0.15) is 0 Å². The highest BCUT2D eigenvalue weighted by Gasteiger charge is 2.63. The van der Waals surface area contributed by atoms with E-state index in [1.165, 1.54) is 6.07 Å². The number of rotatable bonds is 5. The van der Waals surface area contributed by atoms with E-state index >= 15 is 4.39 Å². The van der Waals surface area contributed by atoms with Gasteiger partial charge in [-0.25, -0.2) is 4.39 Å². The molecule has 3 aliphatic rings. The molecule has 1 saturated heterocycles. The smallest absolute Gasteiger partial charge is 0.250 e. The molecule has 2 heterocycles. The number of aliphatic hydroxyl groups is 1. The Balaban J connectivity index is 1.73. The second-order valence-electron chi connectivity index (χ2n) is 8.60. The molecule has 4 nitrogen and oxygen atoms in total. The van der Waals surface area contributed by atoms with Crippen LogP contribution in [0.25, 0.3) is 0 Å². The van der Waals surface area contributed by atoms with Gasteiger partial charge in [-0.3, -0.25) is 9.69 Å².